The number of fused-ring (bicyclic) bond motifs is 1. The van der Waals surface area contributed by atoms with Crippen molar-refractivity contribution in [1.29, 1.82) is 0 Å². The summed E-state index contributed by atoms with van der Waals surface area (Å²) >= 11 is 3.59. The Morgan fingerprint density at radius 2 is 2.12 bits per heavy atom. The van der Waals surface area contributed by atoms with Crippen LogP contribution in [-0.2, 0) is 11.3 Å². The van der Waals surface area contributed by atoms with Gasteiger partial charge >= 0.3 is 0 Å². The fourth-order valence-corrected chi connectivity index (χ4v) is 4.26. The molecule has 2 N–H and O–H groups in total. The number of amides is 1. The standard InChI is InChI=1S/C19H25BrN2O2/c1-13(23)11-22-12-16(19-15(20)8-5-9-17(19)22)21-18(24)10-14-6-3-2-4-7-14/h5,8-9,12-14,23H,2-4,6-7,10-11H2,1H3,(H,21,24). The molecule has 1 aliphatic rings. The zero-order chi connectivity index (χ0) is 17.1. The molecular weight excluding hydrogens is 368 g/mol. The fraction of sp³-hybridized carbons (Fsp3) is 0.526. The zero-order valence-electron chi connectivity index (χ0n) is 14.1. The average Bonchev–Trinajstić information content (AvgIpc) is 2.86. The maximum atomic E-state index is 12.5. The summed E-state index contributed by atoms with van der Waals surface area (Å²) in [4.78, 5) is 12.5. The van der Waals surface area contributed by atoms with Gasteiger partial charge in [0, 0.05) is 29.0 Å². The molecule has 1 heterocycles. The third-order valence-corrected chi connectivity index (χ3v) is 5.45. The Bertz CT molecular complexity index is 717. The van der Waals surface area contributed by atoms with Gasteiger partial charge in [0.05, 0.1) is 17.3 Å². The van der Waals surface area contributed by atoms with E-state index in [9.17, 15) is 9.90 Å². The van der Waals surface area contributed by atoms with Gasteiger partial charge in [0.15, 0.2) is 0 Å². The van der Waals surface area contributed by atoms with Crippen molar-refractivity contribution in [3.63, 3.8) is 0 Å². The highest BCUT2D eigenvalue weighted by Crippen LogP contribution is 2.33. The van der Waals surface area contributed by atoms with Crippen LogP contribution in [-0.4, -0.2) is 21.7 Å². The van der Waals surface area contributed by atoms with Crippen molar-refractivity contribution in [2.45, 2.75) is 58.1 Å². The van der Waals surface area contributed by atoms with E-state index in [0.29, 0.717) is 18.9 Å². The highest BCUT2D eigenvalue weighted by atomic mass is 79.9. The van der Waals surface area contributed by atoms with Gasteiger partial charge in [-0.1, -0.05) is 41.3 Å². The van der Waals surface area contributed by atoms with E-state index in [1.54, 1.807) is 6.92 Å². The molecule has 5 heteroatoms. The number of aliphatic hydroxyl groups excluding tert-OH is 1. The molecule has 1 amide bonds. The average molecular weight is 393 g/mol. The number of aromatic nitrogens is 1. The highest BCUT2D eigenvalue weighted by Gasteiger charge is 2.19. The van der Waals surface area contributed by atoms with Crippen LogP contribution in [0.2, 0.25) is 0 Å². The van der Waals surface area contributed by atoms with Crippen LogP contribution in [0.4, 0.5) is 5.69 Å². The van der Waals surface area contributed by atoms with E-state index in [0.717, 1.165) is 21.1 Å². The number of rotatable bonds is 5. The third kappa shape index (κ3) is 4.01. The number of nitrogens with one attached hydrogen (secondary N) is 1. The quantitative estimate of drug-likeness (QED) is 0.774. The highest BCUT2D eigenvalue weighted by molar-refractivity contribution is 9.10. The van der Waals surface area contributed by atoms with Gasteiger partial charge in [0.1, 0.15) is 0 Å². The van der Waals surface area contributed by atoms with E-state index in [2.05, 4.69) is 21.2 Å². The van der Waals surface area contributed by atoms with Crippen molar-refractivity contribution in [2.24, 2.45) is 5.92 Å². The fourth-order valence-electron chi connectivity index (χ4n) is 3.69. The normalized spacial score (nSPS) is 17.1. The Hall–Kier alpha value is -1.33. The molecule has 1 unspecified atom stereocenters. The number of aliphatic hydroxyl groups is 1. The lowest BCUT2D eigenvalue weighted by Gasteiger charge is -2.20. The molecule has 0 radical (unpaired) electrons. The van der Waals surface area contributed by atoms with Gasteiger partial charge in [-0.2, -0.15) is 0 Å². The minimum absolute atomic E-state index is 0.0914. The molecular formula is C19H25BrN2O2. The largest absolute Gasteiger partial charge is 0.392 e. The molecule has 1 atom stereocenters. The molecule has 130 valence electrons. The van der Waals surface area contributed by atoms with E-state index >= 15 is 0 Å². The molecule has 0 bridgehead atoms. The van der Waals surface area contributed by atoms with Crippen molar-refractivity contribution < 1.29 is 9.90 Å². The lowest BCUT2D eigenvalue weighted by Crippen LogP contribution is -2.18. The van der Waals surface area contributed by atoms with E-state index in [4.69, 9.17) is 0 Å². The first-order valence-electron chi connectivity index (χ1n) is 8.80. The second-order valence-electron chi connectivity index (χ2n) is 6.93. The van der Waals surface area contributed by atoms with Crippen LogP contribution < -0.4 is 5.32 Å². The molecule has 1 saturated carbocycles. The number of carbonyl (C=O) groups excluding carboxylic acids is 1. The maximum absolute atomic E-state index is 12.5. The monoisotopic (exact) mass is 392 g/mol. The van der Waals surface area contributed by atoms with E-state index < -0.39 is 6.10 Å². The van der Waals surface area contributed by atoms with Gasteiger partial charge in [-0.3, -0.25) is 4.79 Å². The molecule has 3 rings (SSSR count). The number of benzene rings is 1. The van der Waals surface area contributed by atoms with Crippen LogP contribution in [0, 0.1) is 5.92 Å². The topological polar surface area (TPSA) is 54.3 Å². The lowest BCUT2D eigenvalue weighted by atomic mass is 9.87. The van der Waals surface area contributed by atoms with E-state index in [1.807, 2.05) is 29.0 Å². The third-order valence-electron chi connectivity index (χ3n) is 4.79. The molecule has 0 saturated heterocycles. The molecule has 0 aliphatic heterocycles. The Morgan fingerprint density at radius 1 is 1.38 bits per heavy atom. The van der Waals surface area contributed by atoms with Gasteiger partial charge in [-0.05, 0) is 37.8 Å². The molecule has 1 fully saturated rings. The molecule has 4 nitrogen and oxygen atoms in total. The van der Waals surface area contributed by atoms with Gasteiger partial charge in [0.25, 0.3) is 0 Å². The molecule has 1 aromatic heterocycles. The summed E-state index contributed by atoms with van der Waals surface area (Å²) in [6.45, 7) is 2.27. The zero-order valence-corrected chi connectivity index (χ0v) is 15.7. The summed E-state index contributed by atoms with van der Waals surface area (Å²) < 4.78 is 2.96. The number of halogens is 1. The Kier molecular flexibility index (Phi) is 5.61. The Balaban J connectivity index is 1.81. The van der Waals surface area contributed by atoms with Gasteiger partial charge < -0.3 is 15.0 Å². The first-order valence-corrected chi connectivity index (χ1v) is 9.59. The predicted octanol–water partition coefficient (Wildman–Crippen LogP) is 4.69. The van der Waals surface area contributed by atoms with Crippen molar-refractivity contribution >= 4 is 38.4 Å². The van der Waals surface area contributed by atoms with Crippen LogP contribution in [0.1, 0.15) is 45.4 Å². The molecule has 1 aliphatic carbocycles. The molecule has 24 heavy (non-hydrogen) atoms. The first-order chi connectivity index (χ1) is 11.5. The van der Waals surface area contributed by atoms with Crippen molar-refractivity contribution in [3.8, 4) is 0 Å². The minimum Gasteiger partial charge on any atom is -0.392 e. The van der Waals surface area contributed by atoms with Crippen LogP contribution in [0.5, 0.6) is 0 Å². The lowest BCUT2D eigenvalue weighted by molar-refractivity contribution is -0.117. The molecule has 0 spiro atoms. The number of nitrogens with zero attached hydrogens (tertiary/aromatic N) is 1. The van der Waals surface area contributed by atoms with Gasteiger partial charge in [-0.15, -0.1) is 0 Å². The van der Waals surface area contributed by atoms with Gasteiger partial charge in [-0.25, -0.2) is 0 Å². The summed E-state index contributed by atoms with van der Waals surface area (Å²) in [6.07, 6.45) is 8.23. The first kappa shape index (κ1) is 17.5. The second kappa shape index (κ2) is 7.70. The SMILES string of the molecule is CC(O)Cn1cc(NC(=O)CC2CCCCC2)c2c(Br)cccc21. The minimum atomic E-state index is -0.439. The summed E-state index contributed by atoms with van der Waals surface area (Å²) in [5.41, 5.74) is 1.83. The summed E-state index contributed by atoms with van der Waals surface area (Å²) in [5.74, 6) is 0.613. The van der Waals surface area contributed by atoms with Crippen LogP contribution >= 0.6 is 15.9 Å². The van der Waals surface area contributed by atoms with Crippen molar-refractivity contribution in [1.82, 2.24) is 4.57 Å². The second-order valence-corrected chi connectivity index (χ2v) is 7.79. The van der Waals surface area contributed by atoms with Crippen LogP contribution in [0.3, 0.4) is 0 Å². The molecule has 2 aromatic rings. The van der Waals surface area contributed by atoms with Gasteiger partial charge in [0.2, 0.25) is 5.91 Å². The van der Waals surface area contributed by atoms with Crippen LogP contribution in [0.15, 0.2) is 28.9 Å². The summed E-state index contributed by atoms with van der Waals surface area (Å²) in [6, 6.07) is 5.96. The number of anilines is 1. The number of hydrogen-bond donors (Lipinski definition) is 2. The van der Waals surface area contributed by atoms with E-state index in [1.165, 1.54) is 32.1 Å². The maximum Gasteiger partial charge on any atom is 0.224 e. The Labute approximate surface area is 151 Å². The van der Waals surface area contributed by atoms with E-state index in [-0.39, 0.29) is 5.91 Å². The number of hydrogen-bond acceptors (Lipinski definition) is 2. The summed E-state index contributed by atoms with van der Waals surface area (Å²) in [5, 5.41) is 13.8. The van der Waals surface area contributed by atoms with Crippen LogP contribution in [0.25, 0.3) is 10.9 Å². The Morgan fingerprint density at radius 3 is 2.83 bits per heavy atom. The van der Waals surface area contributed by atoms with Crippen molar-refractivity contribution in [3.05, 3.63) is 28.9 Å². The smallest absolute Gasteiger partial charge is 0.224 e. The number of carbonyl (C=O) groups is 1. The molecule has 1 aromatic carbocycles. The predicted molar refractivity (Wildman–Crippen MR) is 101 cm³/mol. The van der Waals surface area contributed by atoms with Crippen molar-refractivity contribution in [2.75, 3.05) is 5.32 Å². The summed E-state index contributed by atoms with van der Waals surface area (Å²) in [7, 11) is 0.